The Balaban J connectivity index is 1.43. The summed E-state index contributed by atoms with van der Waals surface area (Å²) in [5, 5.41) is 2.93. The molecule has 0 spiro atoms. The molecule has 0 bridgehead atoms. The van der Waals surface area contributed by atoms with Gasteiger partial charge >= 0.3 is 0 Å². The monoisotopic (exact) mass is 477 g/mol. The quantitative estimate of drug-likeness (QED) is 0.453. The molecule has 36 heavy (non-hydrogen) atoms. The second kappa shape index (κ2) is 8.30. The summed E-state index contributed by atoms with van der Waals surface area (Å²) in [6.45, 7) is 1.46. The van der Waals surface area contributed by atoms with E-state index >= 15 is 0 Å². The van der Waals surface area contributed by atoms with E-state index in [0.29, 0.717) is 16.9 Å². The van der Waals surface area contributed by atoms with E-state index in [1.54, 1.807) is 36.4 Å². The van der Waals surface area contributed by atoms with Crippen LogP contribution in [-0.4, -0.2) is 34.4 Å². The molecule has 6 rings (SSSR count). The van der Waals surface area contributed by atoms with E-state index in [9.17, 15) is 19.2 Å². The van der Waals surface area contributed by atoms with Crippen LogP contribution in [0.25, 0.3) is 6.08 Å². The lowest BCUT2D eigenvalue weighted by molar-refractivity contribution is -0.128. The highest BCUT2D eigenvalue weighted by Gasteiger charge is 2.64. The molecule has 7 heteroatoms. The lowest BCUT2D eigenvalue weighted by Gasteiger charge is -2.35. The number of anilines is 2. The first-order chi connectivity index (χ1) is 17.5. The van der Waals surface area contributed by atoms with Crippen molar-refractivity contribution in [3.05, 3.63) is 102 Å². The first-order valence-electron chi connectivity index (χ1n) is 11.8. The van der Waals surface area contributed by atoms with Crippen molar-refractivity contribution in [1.29, 1.82) is 0 Å². The first-order valence-corrected chi connectivity index (χ1v) is 11.8. The molecular weight excluding hydrogens is 454 g/mol. The van der Waals surface area contributed by atoms with E-state index in [1.165, 1.54) is 11.8 Å². The molecule has 2 saturated heterocycles. The summed E-state index contributed by atoms with van der Waals surface area (Å²) in [5.74, 6) is -2.75. The summed E-state index contributed by atoms with van der Waals surface area (Å²) in [6.07, 6.45) is 3.75. The number of carbonyl (C=O) groups excluding carboxylic acids is 4. The third kappa shape index (κ3) is 3.27. The molecule has 3 aliphatic heterocycles. The predicted octanol–water partition coefficient (Wildman–Crippen LogP) is 4.04. The lowest BCUT2D eigenvalue weighted by Crippen LogP contribution is -2.46. The normalized spacial score (nSPS) is 23.8. The summed E-state index contributed by atoms with van der Waals surface area (Å²) < 4.78 is 0. The number of carbonyl (C=O) groups is 4. The molecule has 7 nitrogen and oxygen atoms in total. The number of fused-ring (bicyclic) bond motifs is 5. The smallest absolute Gasteiger partial charge is 0.247 e. The lowest BCUT2D eigenvalue weighted by atomic mass is 9.84. The molecule has 0 radical (unpaired) electrons. The molecule has 1 N–H and O–H groups in total. The molecule has 4 unspecified atom stereocenters. The zero-order valence-electron chi connectivity index (χ0n) is 19.5. The fourth-order valence-electron chi connectivity index (χ4n) is 5.69. The number of imide groups is 1. The van der Waals surface area contributed by atoms with Gasteiger partial charge in [-0.1, -0.05) is 42.5 Å². The van der Waals surface area contributed by atoms with E-state index < -0.39 is 29.8 Å². The maximum absolute atomic E-state index is 13.9. The molecule has 0 aromatic heterocycles. The van der Waals surface area contributed by atoms with E-state index in [0.717, 1.165) is 11.1 Å². The number of rotatable bonds is 4. The third-order valence-electron chi connectivity index (χ3n) is 7.30. The molecular formula is C29H23N3O4. The van der Waals surface area contributed by atoms with Crippen molar-refractivity contribution >= 4 is 41.0 Å². The summed E-state index contributed by atoms with van der Waals surface area (Å²) >= 11 is 0. The second-order valence-corrected chi connectivity index (χ2v) is 9.30. The van der Waals surface area contributed by atoms with E-state index in [4.69, 9.17) is 0 Å². The van der Waals surface area contributed by atoms with Crippen LogP contribution in [0, 0.1) is 11.8 Å². The molecule has 2 fully saturated rings. The van der Waals surface area contributed by atoms with Crippen LogP contribution in [0.1, 0.15) is 34.5 Å². The largest absolute Gasteiger partial charge is 0.357 e. The number of nitrogens with one attached hydrogen (secondary N) is 1. The van der Waals surface area contributed by atoms with Crippen molar-refractivity contribution in [3.8, 4) is 0 Å². The van der Waals surface area contributed by atoms with Gasteiger partial charge in [-0.25, -0.2) is 4.90 Å². The average molecular weight is 478 g/mol. The van der Waals surface area contributed by atoms with Crippen molar-refractivity contribution in [2.45, 2.75) is 19.0 Å². The fraction of sp³-hybridized carbons (Fsp3) is 0.172. The van der Waals surface area contributed by atoms with E-state index in [2.05, 4.69) is 5.32 Å². The Morgan fingerprint density at radius 3 is 2.19 bits per heavy atom. The maximum Gasteiger partial charge on any atom is 0.247 e. The minimum absolute atomic E-state index is 0.101. The van der Waals surface area contributed by atoms with Gasteiger partial charge in [0.15, 0.2) is 5.78 Å². The molecule has 3 aromatic carbocycles. The average Bonchev–Trinajstić information content (AvgIpc) is 3.37. The van der Waals surface area contributed by atoms with Crippen molar-refractivity contribution in [3.63, 3.8) is 0 Å². The Labute approximate surface area is 208 Å². The Morgan fingerprint density at radius 2 is 1.47 bits per heavy atom. The Morgan fingerprint density at radius 1 is 0.806 bits per heavy atom. The highest BCUT2D eigenvalue weighted by atomic mass is 16.2. The van der Waals surface area contributed by atoms with E-state index in [1.807, 2.05) is 59.6 Å². The standard InChI is InChI=1S/C29H23N3O4/c1-17(33)18-11-13-21(14-12-18)32-28(35)23-24(29(32)36)26(27(34)30-20-8-3-2-4-9-20)31-16-15-19-7-5-6-10-22(19)25(23)31/h2-16,23-26H,1H3,(H,30,34). The highest BCUT2D eigenvalue weighted by molar-refractivity contribution is 6.24. The van der Waals surface area contributed by atoms with Gasteiger partial charge in [-0.15, -0.1) is 0 Å². The van der Waals surface area contributed by atoms with Crippen molar-refractivity contribution in [1.82, 2.24) is 4.90 Å². The minimum Gasteiger partial charge on any atom is -0.357 e. The highest BCUT2D eigenvalue weighted by Crippen LogP contribution is 2.53. The molecule has 3 aromatic rings. The zero-order valence-corrected chi connectivity index (χ0v) is 19.5. The number of hydrogen-bond acceptors (Lipinski definition) is 5. The summed E-state index contributed by atoms with van der Waals surface area (Å²) in [5.41, 5.74) is 3.40. The summed E-state index contributed by atoms with van der Waals surface area (Å²) in [7, 11) is 0. The SMILES string of the molecule is CC(=O)c1ccc(N2C(=O)C3C(C2=O)C2c4ccccc4C=CN2C3C(=O)Nc2ccccc2)cc1. The van der Waals surface area contributed by atoms with Gasteiger partial charge in [0.2, 0.25) is 17.7 Å². The van der Waals surface area contributed by atoms with Gasteiger partial charge in [0.1, 0.15) is 6.04 Å². The molecule has 4 atom stereocenters. The minimum atomic E-state index is -0.859. The Bertz CT molecular complexity index is 1430. The van der Waals surface area contributed by atoms with Gasteiger partial charge in [0.05, 0.1) is 23.6 Å². The topological polar surface area (TPSA) is 86.8 Å². The van der Waals surface area contributed by atoms with Crippen molar-refractivity contribution in [2.24, 2.45) is 11.8 Å². The molecule has 0 saturated carbocycles. The van der Waals surface area contributed by atoms with Crippen LogP contribution in [0.3, 0.4) is 0 Å². The molecule has 3 amide bonds. The van der Waals surface area contributed by atoms with Crippen LogP contribution in [0.2, 0.25) is 0 Å². The molecule has 3 aliphatic rings. The molecule has 3 heterocycles. The summed E-state index contributed by atoms with van der Waals surface area (Å²) in [6, 6.07) is 22.0. The Hall–Kier alpha value is -4.52. The second-order valence-electron chi connectivity index (χ2n) is 9.30. The van der Waals surface area contributed by atoms with Gasteiger partial charge in [-0.2, -0.15) is 0 Å². The fourth-order valence-corrected chi connectivity index (χ4v) is 5.69. The molecule has 0 aliphatic carbocycles. The van der Waals surface area contributed by atoms with Gasteiger partial charge in [0, 0.05) is 17.5 Å². The number of Topliss-reactive ketones (excluding diaryl/α,β-unsaturated/α-hetero) is 1. The number of para-hydroxylation sites is 1. The predicted molar refractivity (Wildman–Crippen MR) is 135 cm³/mol. The van der Waals surface area contributed by atoms with Crippen LogP contribution >= 0.6 is 0 Å². The van der Waals surface area contributed by atoms with Crippen LogP contribution in [0.15, 0.2) is 85.1 Å². The van der Waals surface area contributed by atoms with Crippen LogP contribution < -0.4 is 10.2 Å². The number of amides is 3. The first kappa shape index (κ1) is 22.0. The van der Waals surface area contributed by atoms with Gasteiger partial charge in [-0.3, -0.25) is 19.2 Å². The van der Waals surface area contributed by atoms with Gasteiger partial charge in [0.25, 0.3) is 0 Å². The number of benzene rings is 3. The Kier molecular flexibility index (Phi) is 5.07. The van der Waals surface area contributed by atoms with Crippen LogP contribution in [0.4, 0.5) is 11.4 Å². The number of ketones is 1. The van der Waals surface area contributed by atoms with Gasteiger partial charge in [-0.05, 0) is 60.5 Å². The van der Waals surface area contributed by atoms with Crippen LogP contribution in [0.5, 0.6) is 0 Å². The van der Waals surface area contributed by atoms with Crippen molar-refractivity contribution in [2.75, 3.05) is 10.2 Å². The zero-order chi connectivity index (χ0) is 25.0. The summed E-state index contributed by atoms with van der Waals surface area (Å²) in [4.78, 5) is 56.1. The van der Waals surface area contributed by atoms with Crippen LogP contribution in [-0.2, 0) is 14.4 Å². The maximum atomic E-state index is 13.9. The van der Waals surface area contributed by atoms with Gasteiger partial charge < -0.3 is 10.2 Å². The number of nitrogens with zero attached hydrogens (tertiary/aromatic N) is 2. The molecule has 178 valence electrons. The van der Waals surface area contributed by atoms with E-state index in [-0.39, 0.29) is 17.6 Å². The third-order valence-corrected chi connectivity index (χ3v) is 7.30. The van der Waals surface area contributed by atoms with Crippen molar-refractivity contribution < 1.29 is 19.2 Å². The number of hydrogen-bond donors (Lipinski definition) is 1.